The van der Waals surface area contributed by atoms with Crippen LogP contribution < -0.4 is 10.6 Å². The van der Waals surface area contributed by atoms with Crippen molar-refractivity contribution in [1.82, 2.24) is 25.0 Å². The number of nitrogen functional groups attached to an aromatic ring is 1. The molecule has 0 aliphatic carbocycles. The van der Waals surface area contributed by atoms with Crippen LogP contribution in [0.1, 0.15) is 0 Å². The zero-order chi connectivity index (χ0) is 15.8. The third-order valence-corrected chi connectivity index (χ3v) is 3.91. The minimum absolute atomic E-state index is 0.643. The van der Waals surface area contributed by atoms with Crippen LogP contribution in [-0.4, -0.2) is 51.3 Å². The Morgan fingerprint density at radius 3 is 2.57 bits per heavy atom. The minimum Gasteiger partial charge on any atom is -0.399 e. The largest absolute Gasteiger partial charge is 0.399 e. The van der Waals surface area contributed by atoms with Gasteiger partial charge in [-0.25, -0.2) is 14.6 Å². The molecule has 2 aromatic heterocycles. The topological polar surface area (TPSA) is 95.0 Å². The van der Waals surface area contributed by atoms with Gasteiger partial charge in [0.15, 0.2) is 22.8 Å². The predicted octanol–water partition coefficient (Wildman–Crippen LogP) is 0.844. The highest BCUT2D eigenvalue weighted by Crippen LogP contribution is 2.26. The fourth-order valence-corrected chi connectivity index (χ4v) is 2.66. The number of hydrogen-bond donors (Lipinski definition) is 1. The fraction of sp³-hybridized carbons (Fsp3) is 0.333. The number of ether oxygens (including phenoxy) is 1. The number of fused-ring (bicyclic) bond motifs is 1. The van der Waals surface area contributed by atoms with Crippen molar-refractivity contribution in [3.05, 3.63) is 24.3 Å². The summed E-state index contributed by atoms with van der Waals surface area (Å²) in [6.45, 7) is 2.93. The molecule has 1 aliphatic heterocycles. The van der Waals surface area contributed by atoms with E-state index in [1.165, 1.54) is 0 Å². The summed E-state index contributed by atoms with van der Waals surface area (Å²) >= 11 is 0. The summed E-state index contributed by atoms with van der Waals surface area (Å²) < 4.78 is 7.09. The molecule has 3 heterocycles. The van der Waals surface area contributed by atoms with Crippen LogP contribution in [0.15, 0.2) is 24.3 Å². The summed E-state index contributed by atoms with van der Waals surface area (Å²) in [5.41, 5.74) is 8.82. The number of rotatable bonds is 2. The Morgan fingerprint density at radius 2 is 1.83 bits per heavy atom. The van der Waals surface area contributed by atoms with Crippen LogP contribution in [0.25, 0.3) is 22.6 Å². The molecule has 0 radical (unpaired) electrons. The number of hydrogen-bond acceptors (Lipinski definition) is 7. The summed E-state index contributed by atoms with van der Waals surface area (Å²) in [5.74, 6) is 1.45. The highest BCUT2D eigenvalue weighted by molar-refractivity contribution is 5.85. The van der Waals surface area contributed by atoms with Gasteiger partial charge in [-0.1, -0.05) is 5.21 Å². The van der Waals surface area contributed by atoms with Crippen LogP contribution >= 0.6 is 0 Å². The number of nitrogens with two attached hydrogens (primary N) is 1. The molecule has 3 aromatic rings. The van der Waals surface area contributed by atoms with Gasteiger partial charge in [0.1, 0.15) is 0 Å². The maximum absolute atomic E-state index is 5.76. The average molecular weight is 311 g/mol. The molecule has 1 aromatic carbocycles. The number of benzene rings is 1. The average Bonchev–Trinajstić information content (AvgIpc) is 2.97. The second-order valence-corrected chi connectivity index (χ2v) is 5.48. The molecular formula is C15H17N7O. The van der Waals surface area contributed by atoms with E-state index < -0.39 is 0 Å². The van der Waals surface area contributed by atoms with Crippen molar-refractivity contribution in [2.24, 2.45) is 7.05 Å². The molecular weight excluding hydrogens is 294 g/mol. The smallest absolute Gasteiger partial charge is 0.184 e. The summed E-state index contributed by atoms with van der Waals surface area (Å²) in [7, 11) is 1.83. The van der Waals surface area contributed by atoms with Gasteiger partial charge in [-0.05, 0) is 24.3 Å². The number of morpholine rings is 1. The molecule has 0 amide bonds. The first-order valence-electron chi connectivity index (χ1n) is 7.48. The molecule has 23 heavy (non-hydrogen) atoms. The third-order valence-electron chi connectivity index (χ3n) is 3.91. The van der Waals surface area contributed by atoms with Gasteiger partial charge in [-0.15, -0.1) is 5.10 Å². The van der Waals surface area contributed by atoms with Crippen molar-refractivity contribution in [1.29, 1.82) is 0 Å². The summed E-state index contributed by atoms with van der Waals surface area (Å²) in [4.78, 5) is 11.5. The molecule has 1 saturated heterocycles. The van der Waals surface area contributed by atoms with Gasteiger partial charge >= 0.3 is 0 Å². The maximum atomic E-state index is 5.76. The first kappa shape index (κ1) is 13.9. The van der Waals surface area contributed by atoms with Crippen molar-refractivity contribution in [3.8, 4) is 11.4 Å². The summed E-state index contributed by atoms with van der Waals surface area (Å²) in [6.07, 6.45) is 0. The lowest BCUT2D eigenvalue weighted by atomic mass is 10.2. The normalized spacial score (nSPS) is 15.3. The zero-order valence-electron chi connectivity index (χ0n) is 12.8. The van der Waals surface area contributed by atoms with E-state index in [9.17, 15) is 0 Å². The van der Waals surface area contributed by atoms with Crippen LogP contribution in [0.2, 0.25) is 0 Å². The van der Waals surface area contributed by atoms with E-state index in [2.05, 4.69) is 20.2 Å². The molecule has 0 bridgehead atoms. The van der Waals surface area contributed by atoms with Crippen LogP contribution in [0.5, 0.6) is 0 Å². The molecule has 1 fully saturated rings. The molecule has 0 unspecified atom stereocenters. The molecule has 0 spiro atoms. The molecule has 118 valence electrons. The van der Waals surface area contributed by atoms with Crippen LogP contribution in [0, 0.1) is 0 Å². The third kappa shape index (κ3) is 2.46. The number of anilines is 2. The van der Waals surface area contributed by atoms with E-state index in [0.29, 0.717) is 35.9 Å². The summed E-state index contributed by atoms with van der Waals surface area (Å²) in [5, 5.41) is 8.31. The highest BCUT2D eigenvalue weighted by Gasteiger charge is 2.21. The first-order chi connectivity index (χ1) is 11.2. The standard InChI is InChI=1S/C15H17N7O/c1-21-14-12(19-20-21)15(22-6-8-23-9-7-22)18-13(17-14)10-2-4-11(16)5-3-10/h2-5H,6-9,16H2,1H3. The van der Waals surface area contributed by atoms with Crippen molar-refractivity contribution < 1.29 is 4.74 Å². The van der Waals surface area contributed by atoms with E-state index in [1.807, 2.05) is 31.3 Å². The van der Waals surface area contributed by atoms with Gasteiger partial charge in [-0.3, -0.25) is 0 Å². The van der Waals surface area contributed by atoms with E-state index >= 15 is 0 Å². The van der Waals surface area contributed by atoms with Crippen LogP contribution in [0.3, 0.4) is 0 Å². The molecule has 8 nitrogen and oxygen atoms in total. The molecule has 1 aliphatic rings. The minimum atomic E-state index is 0.643. The predicted molar refractivity (Wildman–Crippen MR) is 87.0 cm³/mol. The Kier molecular flexibility index (Phi) is 3.30. The van der Waals surface area contributed by atoms with E-state index in [4.69, 9.17) is 15.5 Å². The van der Waals surface area contributed by atoms with Gasteiger partial charge in [0, 0.05) is 31.4 Å². The molecule has 0 saturated carbocycles. The number of aryl methyl sites for hydroxylation is 1. The second-order valence-electron chi connectivity index (χ2n) is 5.48. The van der Waals surface area contributed by atoms with Crippen molar-refractivity contribution in [2.45, 2.75) is 0 Å². The first-order valence-corrected chi connectivity index (χ1v) is 7.48. The molecule has 4 rings (SSSR count). The van der Waals surface area contributed by atoms with Crippen molar-refractivity contribution >= 4 is 22.7 Å². The lowest BCUT2D eigenvalue weighted by Gasteiger charge is -2.27. The van der Waals surface area contributed by atoms with Gasteiger partial charge in [0.25, 0.3) is 0 Å². The fourth-order valence-electron chi connectivity index (χ4n) is 2.66. The monoisotopic (exact) mass is 311 g/mol. The lowest BCUT2D eigenvalue weighted by molar-refractivity contribution is 0.122. The molecule has 0 atom stereocenters. The van der Waals surface area contributed by atoms with Crippen LogP contribution in [-0.2, 0) is 11.8 Å². The van der Waals surface area contributed by atoms with E-state index in [1.54, 1.807) is 4.68 Å². The highest BCUT2D eigenvalue weighted by atomic mass is 16.5. The number of aromatic nitrogens is 5. The second kappa shape index (κ2) is 5.47. The van der Waals surface area contributed by atoms with Gasteiger partial charge in [0.05, 0.1) is 13.2 Å². The van der Waals surface area contributed by atoms with E-state index in [0.717, 1.165) is 24.5 Å². The van der Waals surface area contributed by atoms with Crippen LogP contribution in [0.4, 0.5) is 11.5 Å². The van der Waals surface area contributed by atoms with Gasteiger partial charge < -0.3 is 15.4 Å². The SMILES string of the molecule is Cn1nnc2c(N3CCOCC3)nc(-c3ccc(N)cc3)nc21. The quantitative estimate of drug-likeness (QED) is 0.701. The molecule has 2 N–H and O–H groups in total. The van der Waals surface area contributed by atoms with E-state index in [-0.39, 0.29) is 0 Å². The zero-order valence-corrected chi connectivity index (χ0v) is 12.8. The summed E-state index contributed by atoms with van der Waals surface area (Å²) in [6, 6.07) is 7.53. The van der Waals surface area contributed by atoms with Crippen molar-refractivity contribution in [3.63, 3.8) is 0 Å². The number of nitrogens with zero attached hydrogens (tertiary/aromatic N) is 6. The maximum Gasteiger partial charge on any atom is 0.184 e. The van der Waals surface area contributed by atoms with Gasteiger partial charge in [-0.2, -0.15) is 0 Å². The Balaban J connectivity index is 1.88. The Morgan fingerprint density at radius 1 is 1.09 bits per heavy atom. The molecule has 8 heteroatoms. The van der Waals surface area contributed by atoms with Crippen molar-refractivity contribution in [2.75, 3.05) is 36.9 Å². The lowest BCUT2D eigenvalue weighted by Crippen LogP contribution is -2.37. The Bertz CT molecular complexity index is 837. The van der Waals surface area contributed by atoms with Gasteiger partial charge in [0.2, 0.25) is 0 Å². The Hall–Kier alpha value is -2.74. The Labute approximate surface area is 132 Å².